The van der Waals surface area contributed by atoms with Gasteiger partial charge in [-0.3, -0.25) is 14.4 Å². The second-order valence-electron chi connectivity index (χ2n) is 14.0. The number of esters is 1. The summed E-state index contributed by atoms with van der Waals surface area (Å²) in [5.74, 6) is -4.98. The van der Waals surface area contributed by atoms with Crippen molar-refractivity contribution in [1.29, 1.82) is 0 Å². The molecule has 3 rings (SSSR count). The molecule has 0 amide bonds. The zero-order chi connectivity index (χ0) is 33.3. The van der Waals surface area contributed by atoms with Crippen LogP contribution in [0.4, 0.5) is 0 Å². The van der Waals surface area contributed by atoms with Crippen LogP contribution in [0.3, 0.4) is 0 Å². The van der Waals surface area contributed by atoms with Crippen LogP contribution in [0.1, 0.15) is 74.7 Å². The van der Waals surface area contributed by atoms with Gasteiger partial charge in [-0.05, 0) is 66.6 Å². The fourth-order valence-corrected chi connectivity index (χ4v) is 7.19. The molecule has 0 spiro atoms. The highest BCUT2D eigenvalue weighted by Gasteiger charge is 2.53. The molecule has 11 heteroatoms. The first kappa shape index (κ1) is 36.7. The van der Waals surface area contributed by atoms with Gasteiger partial charge in [0.1, 0.15) is 29.5 Å². The normalized spacial score (nSPS) is 45.3. The van der Waals surface area contributed by atoms with E-state index in [1.807, 2.05) is 25.9 Å². The lowest BCUT2D eigenvalue weighted by Crippen LogP contribution is -2.60. The number of aliphatic hydroxyl groups excluding tert-OH is 1. The van der Waals surface area contributed by atoms with E-state index in [2.05, 4.69) is 6.58 Å². The minimum absolute atomic E-state index is 0.0177. The molecular weight excluding hydrogens is 570 g/mol. The van der Waals surface area contributed by atoms with E-state index in [0.29, 0.717) is 12.0 Å². The lowest BCUT2D eigenvalue weighted by atomic mass is 9.74. The Morgan fingerprint density at radius 1 is 1.02 bits per heavy atom. The summed E-state index contributed by atoms with van der Waals surface area (Å²) in [4.78, 5) is 43.4. The van der Waals surface area contributed by atoms with Crippen molar-refractivity contribution >= 4 is 17.5 Å². The third-order valence-corrected chi connectivity index (χ3v) is 9.87. The van der Waals surface area contributed by atoms with Gasteiger partial charge in [-0.1, -0.05) is 34.3 Å². The molecule has 44 heavy (non-hydrogen) atoms. The van der Waals surface area contributed by atoms with Gasteiger partial charge in [-0.2, -0.15) is 0 Å². The van der Waals surface area contributed by atoms with E-state index in [-0.39, 0.29) is 44.0 Å². The van der Waals surface area contributed by atoms with Crippen molar-refractivity contribution in [3.8, 4) is 0 Å². The minimum atomic E-state index is -1.75. The summed E-state index contributed by atoms with van der Waals surface area (Å²) in [5.41, 5.74) is -2.48. The van der Waals surface area contributed by atoms with Gasteiger partial charge in [-0.15, -0.1) is 0 Å². The van der Waals surface area contributed by atoms with Gasteiger partial charge >= 0.3 is 5.97 Å². The van der Waals surface area contributed by atoms with Crippen molar-refractivity contribution in [3.05, 3.63) is 12.2 Å². The summed E-state index contributed by atoms with van der Waals surface area (Å²) in [5, 5.41) is 23.2. The molecule has 0 radical (unpaired) electrons. The van der Waals surface area contributed by atoms with Gasteiger partial charge in [0, 0.05) is 23.8 Å². The van der Waals surface area contributed by atoms with Crippen LogP contribution in [0.2, 0.25) is 0 Å². The molecule has 0 aliphatic carbocycles. The van der Waals surface area contributed by atoms with Crippen LogP contribution >= 0.6 is 0 Å². The Labute approximate surface area is 262 Å². The molecule has 0 aromatic carbocycles. The molecule has 0 aromatic heterocycles. The Kier molecular flexibility index (Phi) is 12.0. The summed E-state index contributed by atoms with van der Waals surface area (Å²) in [6, 6.07) is -0.266. The maximum Gasteiger partial charge on any atom is 0.316 e. The molecule has 3 fully saturated rings. The number of nitrogens with zero attached hydrogens (tertiary/aromatic N) is 1. The van der Waals surface area contributed by atoms with Crippen molar-refractivity contribution in [3.63, 3.8) is 0 Å². The Bertz CT molecular complexity index is 1060. The quantitative estimate of drug-likeness (QED) is 0.271. The topological polar surface area (TPSA) is 141 Å². The van der Waals surface area contributed by atoms with E-state index in [4.69, 9.17) is 23.7 Å². The molecule has 0 aromatic rings. The molecule has 11 nitrogen and oxygen atoms in total. The van der Waals surface area contributed by atoms with Gasteiger partial charge in [0.25, 0.3) is 0 Å². The maximum atomic E-state index is 14.0. The predicted molar refractivity (Wildman–Crippen MR) is 163 cm³/mol. The lowest BCUT2D eigenvalue weighted by Gasteiger charge is -2.47. The van der Waals surface area contributed by atoms with E-state index in [9.17, 15) is 24.6 Å². The van der Waals surface area contributed by atoms with Gasteiger partial charge in [-0.25, -0.2) is 0 Å². The van der Waals surface area contributed by atoms with Crippen molar-refractivity contribution in [2.45, 2.75) is 129 Å². The fourth-order valence-electron chi connectivity index (χ4n) is 7.19. The molecule has 13 atom stereocenters. The Morgan fingerprint density at radius 3 is 2.25 bits per heavy atom. The Morgan fingerprint density at radius 2 is 1.66 bits per heavy atom. The minimum Gasteiger partial charge on any atom is -0.459 e. The van der Waals surface area contributed by atoms with Crippen molar-refractivity contribution in [1.82, 2.24) is 4.90 Å². The summed E-state index contributed by atoms with van der Waals surface area (Å²) in [6.45, 7) is 17.7. The number of Topliss-reactive ketones (excluding diaryl/α,β-unsaturated/α-hetero) is 2. The molecule has 3 aliphatic rings. The highest BCUT2D eigenvalue weighted by Crippen LogP contribution is 2.40. The average molecular weight is 626 g/mol. The van der Waals surface area contributed by atoms with Crippen LogP contribution < -0.4 is 0 Å². The molecule has 2 bridgehead atoms. The van der Waals surface area contributed by atoms with Crippen molar-refractivity contribution in [2.75, 3.05) is 27.3 Å². The van der Waals surface area contributed by atoms with Gasteiger partial charge in [0.15, 0.2) is 12.1 Å². The van der Waals surface area contributed by atoms with E-state index >= 15 is 0 Å². The fraction of sp³-hybridized carbons (Fsp3) is 0.848. The molecule has 0 saturated carbocycles. The smallest absolute Gasteiger partial charge is 0.316 e. The summed E-state index contributed by atoms with van der Waals surface area (Å²) in [6.07, 6.45) is -4.57. The third kappa shape index (κ3) is 7.62. The number of carbonyl (C=O) groups excluding carboxylic acids is 3. The Hall–Kier alpha value is -1.73. The van der Waals surface area contributed by atoms with Crippen molar-refractivity contribution < 1.29 is 48.3 Å². The number of ether oxygens (including phenoxy) is 5. The number of carbonyl (C=O) groups is 3. The van der Waals surface area contributed by atoms with Crippen molar-refractivity contribution in [2.24, 2.45) is 23.7 Å². The Balaban J connectivity index is 2.20. The number of hydrogen-bond donors (Lipinski definition) is 2. The van der Waals surface area contributed by atoms with Crippen LogP contribution in [-0.4, -0.2) is 114 Å². The first-order valence-corrected chi connectivity index (χ1v) is 15.9. The summed E-state index contributed by atoms with van der Waals surface area (Å²) >= 11 is 0. The third-order valence-electron chi connectivity index (χ3n) is 9.87. The second kappa shape index (κ2) is 14.4. The standard InChI is InChI=1S/C33H55NO10/c1-12-24-33(9,39)29-20(5)25(35)18(3)14-32(8,41-16-17(2)15-40-29)28(21(6)26(36)22(7)30(38)43-24)44-31-27(37)23(34(10)11)13-19(4)42-31/h18-24,27-29,31,37,39H,2,12-16H2,1,3-11H3/t18-,19-,20+,21+,22-,23+,24-,27-,28-,29?,31+,32-,33-/m1/s1. The lowest BCUT2D eigenvalue weighted by molar-refractivity contribution is -0.296. The van der Waals surface area contributed by atoms with Gasteiger partial charge in [0.05, 0.1) is 37.1 Å². The van der Waals surface area contributed by atoms with Crippen LogP contribution in [-0.2, 0) is 38.1 Å². The summed E-state index contributed by atoms with van der Waals surface area (Å²) in [7, 11) is 3.74. The molecule has 252 valence electrons. The van der Waals surface area contributed by atoms with E-state index in [1.165, 1.54) is 13.8 Å². The number of aliphatic hydroxyl groups is 2. The molecule has 3 aliphatic heterocycles. The number of rotatable bonds is 4. The van der Waals surface area contributed by atoms with E-state index in [1.54, 1.807) is 34.6 Å². The molecular formula is C33H55NO10. The van der Waals surface area contributed by atoms with E-state index in [0.717, 1.165) is 0 Å². The largest absolute Gasteiger partial charge is 0.459 e. The first-order chi connectivity index (χ1) is 20.3. The zero-order valence-corrected chi connectivity index (χ0v) is 28.2. The molecule has 3 saturated heterocycles. The average Bonchev–Trinajstić information content (AvgIpc) is 2.97. The molecule has 2 N–H and O–H groups in total. The number of cyclic esters (lactones) is 1. The SMILES string of the molecule is C=C1COC2[C@@H](C)C(=O)[C@H](C)C[C@@](C)(OC1)[C@H](O[C@@H]1O[C@H](C)C[C@H](N(C)C)[C@H]1O)[C@@H](C)C(=O)[C@@H](C)C(=O)O[C@H](CC)[C@@]2(C)O. The number of hydrogen-bond acceptors (Lipinski definition) is 11. The first-order valence-electron chi connectivity index (χ1n) is 15.9. The highest BCUT2D eigenvalue weighted by molar-refractivity contribution is 6.00. The monoisotopic (exact) mass is 625 g/mol. The van der Waals surface area contributed by atoms with E-state index < -0.39 is 77.3 Å². The maximum absolute atomic E-state index is 14.0. The van der Waals surface area contributed by atoms with Crippen LogP contribution in [0.25, 0.3) is 0 Å². The van der Waals surface area contributed by atoms with Crippen LogP contribution in [0.15, 0.2) is 12.2 Å². The predicted octanol–water partition coefficient (Wildman–Crippen LogP) is 2.69. The van der Waals surface area contributed by atoms with Crippen LogP contribution in [0, 0.1) is 23.7 Å². The van der Waals surface area contributed by atoms with Crippen LogP contribution in [0.5, 0.6) is 0 Å². The second-order valence-corrected chi connectivity index (χ2v) is 14.0. The highest BCUT2D eigenvalue weighted by atomic mass is 16.7. The number of ketones is 2. The summed E-state index contributed by atoms with van der Waals surface area (Å²) < 4.78 is 31.2. The van der Waals surface area contributed by atoms with Gasteiger partial charge < -0.3 is 38.8 Å². The number of likely N-dealkylation sites (N-methyl/N-ethyl adjacent to an activating group) is 1. The zero-order valence-electron chi connectivity index (χ0n) is 28.2. The van der Waals surface area contributed by atoms with Gasteiger partial charge in [0.2, 0.25) is 0 Å². The molecule has 1 unspecified atom stereocenters. The number of fused-ring (bicyclic) bond motifs is 5. The molecule has 3 heterocycles.